The highest BCUT2D eigenvalue weighted by atomic mass is 16.2. The van der Waals surface area contributed by atoms with Crippen molar-refractivity contribution < 1.29 is 9.59 Å². The Kier molecular flexibility index (Phi) is 5.64. The Morgan fingerprint density at radius 3 is 2.75 bits per heavy atom. The molecule has 0 aromatic carbocycles. The average Bonchev–Trinajstić information content (AvgIpc) is 3.18. The van der Waals surface area contributed by atoms with Crippen molar-refractivity contribution in [3.63, 3.8) is 0 Å². The van der Waals surface area contributed by atoms with Gasteiger partial charge in [0, 0.05) is 33.4 Å². The van der Waals surface area contributed by atoms with Gasteiger partial charge in [0.2, 0.25) is 11.8 Å². The van der Waals surface area contributed by atoms with E-state index in [2.05, 4.69) is 15.3 Å². The van der Waals surface area contributed by atoms with Gasteiger partial charge in [-0.2, -0.15) is 0 Å². The number of rotatable bonds is 4. The first-order chi connectivity index (χ1) is 15.3. The fraction of sp³-hybridized carbons (Fsp3) is 0.429. The third-order valence-corrected chi connectivity index (χ3v) is 5.89. The lowest BCUT2D eigenvalue weighted by Gasteiger charge is -2.32. The Bertz CT molecular complexity index is 1320. The third-order valence-electron chi connectivity index (χ3n) is 5.89. The van der Waals surface area contributed by atoms with E-state index in [1.807, 2.05) is 13.0 Å². The Balaban J connectivity index is 1.51. The Morgan fingerprint density at radius 1 is 1.22 bits per heavy atom. The molecule has 1 aliphatic rings. The van der Waals surface area contributed by atoms with Crippen LogP contribution in [0.15, 0.2) is 34.2 Å². The van der Waals surface area contributed by atoms with E-state index >= 15 is 0 Å². The quantitative estimate of drug-likeness (QED) is 0.611. The van der Waals surface area contributed by atoms with Gasteiger partial charge in [-0.3, -0.25) is 19.0 Å². The van der Waals surface area contributed by atoms with Crippen molar-refractivity contribution in [3.8, 4) is 0 Å². The topological polar surface area (TPSA) is 124 Å². The molecule has 4 rings (SSSR count). The summed E-state index contributed by atoms with van der Waals surface area (Å²) in [5.74, 6) is -0.473. The van der Waals surface area contributed by atoms with Crippen molar-refractivity contribution in [2.75, 3.05) is 18.4 Å². The lowest BCUT2D eigenvalue weighted by Crippen LogP contribution is -2.48. The number of hydrogen-bond donors (Lipinski definition) is 1. The van der Waals surface area contributed by atoms with Crippen LogP contribution in [0.25, 0.3) is 11.2 Å². The molecule has 11 nitrogen and oxygen atoms in total. The van der Waals surface area contributed by atoms with Crippen molar-refractivity contribution in [2.45, 2.75) is 26.3 Å². The van der Waals surface area contributed by atoms with Gasteiger partial charge < -0.3 is 14.8 Å². The van der Waals surface area contributed by atoms with Crippen LogP contribution in [0.2, 0.25) is 0 Å². The first kappa shape index (κ1) is 21.5. The number of aryl methyl sites for hydroxylation is 3. The number of nitrogens with one attached hydrogen (secondary N) is 1. The molecule has 1 N–H and O–H groups in total. The molecule has 0 radical (unpaired) electrons. The maximum absolute atomic E-state index is 13.0. The molecule has 0 aliphatic carbocycles. The van der Waals surface area contributed by atoms with Crippen LogP contribution in [0.4, 0.5) is 5.82 Å². The molecule has 0 bridgehead atoms. The highest BCUT2D eigenvalue weighted by Gasteiger charge is 2.29. The first-order valence-electron chi connectivity index (χ1n) is 10.4. The minimum atomic E-state index is -0.605. The van der Waals surface area contributed by atoms with Gasteiger partial charge >= 0.3 is 5.69 Å². The molecule has 4 heterocycles. The summed E-state index contributed by atoms with van der Waals surface area (Å²) in [4.78, 5) is 61.1. The van der Waals surface area contributed by atoms with Crippen molar-refractivity contribution in [2.24, 2.45) is 20.0 Å². The predicted molar refractivity (Wildman–Crippen MR) is 117 cm³/mol. The van der Waals surface area contributed by atoms with Crippen LogP contribution < -0.4 is 16.6 Å². The van der Waals surface area contributed by atoms with Crippen molar-refractivity contribution in [3.05, 3.63) is 51.1 Å². The van der Waals surface area contributed by atoms with Gasteiger partial charge in [0.15, 0.2) is 11.2 Å². The molecular formula is C21H25N7O4. The lowest BCUT2D eigenvalue weighted by atomic mass is 9.97. The second-order valence-electron chi connectivity index (χ2n) is 8.10. The van der Waals surface area contributed by atoms with Gasteiger partial charge in [0.1, 0.15) is 12.4 Å². The predicted octanol–water partition coefficient (Wildman–Crippen LogP) is 0.0144. The number of anilines is 1. The second-order valence-corrected chi connectivity index (χ2v) is 8.10. The molecule has 3 aromatic heterocycles. The molecule has 32 heavy (non-hydrogen) atoms. The zero-order valence-electron chi connectivity index (χ0n) is 18.2. The molecular weight excluding hydrogens is 414 g/mol. The molecule has 2 amide bonds. The van der Waals surface area contributed by atoms with E-state index < -0.39 is 17.2 Å². The molecule has 3 aromatic rings. The number of carbonyl (C=O) groups excluding carboxylic acids is 2. The van der Waals surface area contributed by atoms with Crippen LogP contribution in [0.1, 0.15) is 18.4 Å². The Hall–Kier alpha value is -3.76. The summed E-state index contributed by atoms with van der Waals surface area (Å²) in [5.41, 5.74) is 0.206. The smallest absolute Gasteiger partial charge is 0.332 e. The molecule has 1 saturated heterocycles. The van der Waals surface area contributed by atoms with Crippen molar-refractivity contribution in [1.29, 1.82) is 0 Å². The summed E-state index contributed by atoms with van der Waals surface area (Å²) in [6, 6.07) is 3.65. The molecule has 1 fully saturated rings. The summed E-state index contributed by atoms with van der Waals surface area (Å²) in [6.45, 7) is 2.16. The van der Waals surface area contributed by atoms with E-state index in [1.54, 1.807) is 24.2 Å². The number of nitrogens with zero attached hydrogens (tertiary/aromatic N) is 6. The fourth-order valence-corrected chi connectivity index (χ4v) is 4.02. The van der Waals surface area contributed by atoms with E-state index in [0.717, 1.165) is 10.1 Å². The van der Waals surface area contributed by atoms with Crippen LogP contribution in [0, 0.1) is 12.8 Å². The number of pyridine rings is 1. The fourth-order valence-electron chi connectivity index (χ4n) is 4.02. The highest BCUT2D eigenvalue weighted by molar-refractivity contribution is 5.93. The zero-order chi connectivity index (χ0) is 23.0. The minimum Gasteiger partial charge on any atom is -0.340 e. The summed E-state index contributed by atoms with van der Waals surface area (Å²) >= 11 is 0. The van der Waals surface area contributed by atoms with E-state index in [9.17, 15) is 19.2 Å². The monoisotopic (exact) mass is 439 g/mol. The molecule has 0 spiro atoms. The van der Waals surface area contributed by atoms with Gasteiger partial charge in [-0.1, -0.05) is 6.07 Å². The lowest BCUT2D eigenvalue weighted by molar-refractivity contribution is -0.135. The Morgan fingerprint density at radius 2 is 2.00 bits per heavy atom. The number of imidazole rings is 1. The Labute approximate surface area is 183 Å². The van der Waals surface area contributed by atoms with Crippen molar-refractivity contribution in [1.82, 2.24) is 28.6 Å². The summed E-state index contributed by atoms with van der Waals surface area (Å²) in [5, 5.41) is 2.83. The van der Waals surface area contributed by atoms with Gasteiger partial charge in [-0.05, 0) is 31.4 Å². The molecule has 168 valence electrons. The van der Waals surface area contributed by atoms with Crippen LogP contribution in [0.3, 0.4) is 0 Å². The second kappa shape index (κ2) is 8.40. The average molecular weight is 439 g/mol. The number of aromatic nitrogens is 5. The minimum absolute atomic E-state index is 0.200. The first-order valence-corrected chi connectivity index (χ1v) is 10.4. The normalized spacial score (nSPS) is 16.3. The molecule has 0 saturated carbocycles. The number of carbonyl (C=O) groups is 2. The summed E-state index contributed by atoms with van der Waals surface area (Å²) in [7, 11) is 3.17. The number of hydrogen-bond acceptors (Lipinski definition) is 6. The molecule has 1 aliphatic heterocycles. The molecule has 1 unspecified atom stereocenters. The highest BCUT2D eigenvalue weighted by Crippen LogP contribution is 2.19. The molecule has 11 heteroatoms. The summed E-state index contributed by atoms with van der Waals surface area (Å²) < 4.78 is 3.71. The van der Waals surface area contributed by atoms with Gasteiger partial charge in [0.25, 0.3) is 5.56 Å². The SMILES string of the molecule is Cc1cccnc1NC(=O)C1CCCN(C(=O)Cn2c(=O)c3c(ncn3C)n(C)c2=O)C1. The largest absolute Gasteiger partial charge is 0.340 e. The van der Waals surface area contributed by atoms with Crippen LogP contribution in [-0.4, -0.2) is 53.5 Å². The van der Waals surface area contributed by atoms with Gasteiger partial charge in [0.05, 0.1) is 12.2 Å². The van der Waals surface area contributed by atoms with E-state index in [1.165, 1.54) is 22.5 Å². The van der Waals surface area contributed by atoms with Gasteiger partial charge in [-0.25, -0.2) is 19.3 Å². The maximum Gasteiger partial charge on any atom is 0.332 e. The number of amides is 2. The van der Waals surface area contributed by atoms with Crippen LogP contribution in [-0.2, 0) is 30.2 Å². The van der Waals surface area contributed by atoms with E-state index in [0.29, 0.717) is 25.2 Å². The van der Waals surface area contributed by atoms with E-state index in [4.69, 9.17) is 0 Å². The van der Waals surface area contributed by atoms with Gasteiger partial charge in [-0.15, -0.1) is 0 Å². The third kappa shape index (κ3) is 3.81. The maximum atomic E-state index is 13.0. The van der Waals surface area contributed by atoms with Crippen LogP contribution >= 0.6 is 0 Å². The standard InChI is InChI=1S/C21H25N7O4/c1-13-6-4-8-22-17(13)24-19(30)14-7-5-9-27(10-14)15(29)11-28-20(31)16-18(23-12-25(16)2)26(3)21(28)32/h4,6,8,12,14H,5,7,9-11H2,1-3H3,(H,22,24,30). The molecule has 1 atom stereocenters. The zero-order valence-corrected chi connectivity index (χ0v) is 18.2. The number of fused-ring (bicyclic) bond motifs is 1. The number of likely N-dealkylation sites (tertiary alicyclic amines) is 1. The van der Waals surface area contributed by atoms with E-state index in [-0.39, 0.29) is 36.1 Å². The van der Waals surface area contributed by atoms with Crippen molar-refractivity contribution >= 4 is 28.8 Å². The summed E-state index contributed by atoms with van der Waals surface area (Å²) in [6.07, 6.45) is 4.36. The van der Waals surface area contributed by atoms with Crippen LogP contribution in [0.5, 0.6) is 0 Å². The number of piperidine rings is 1.